The van der Waals surface area contributed by atoms with Gasteiger partial charge in [0.15, 0.2) is 11.2 Å². The molecule has 29 heavy (non-hydrogen) atoms. The Labute approximate surface area is 170 Å². The Morgan fingerprint density at radius 1 is 1.14 bits per heavy atom. The number of anilines is 1. The van der Waals surface area contributed by atoms with Gasteiger partial charge in [-0.15, -0.1) is 0 Å². The number of carbonyl (C=O) groups is 1. The summed E-state index contributed by atoms with van der Waals surface area (Å²) in [4.78, 5) is 14.9. The first-order valence-corrected chi connectivity index (χ1v) is 9.69. The molecule has 2 heterocycles. The Morgan fingerprint density at radius 2 is 1.83 bits per heavy atom. The van der Waals surface area contributed by atoms with Gasteiger partial charge in [-0.05, 0) is 31.5 Å². The van der Waals surface area contributed by atoms with Crippen molar-refractivity contribution in [1.29, 1.82) is 10.5 Å². The van der Waals surface area contributed by atoms with Crippen molar-refractivity contribution in [3.8, 4) is 17.9 Å². The molecule has 0 radical (unpaired) electrons. The standard InChI is InChI=1S/C24H21N3O2/c1-3-29-20-11-7-5-9-18(20)22-23(16(2)28)27-19-10-6-4-8-17(19)12-13-21(27)24(22,14-25)15-26/h4-13,21-23H,3H2,1-2H3/t21-,22-,23-/m1/s1. The van der Waals surface area contributed by atoms with E-state index in [0.29, 0.717) is 12.4 Å². The third-order valence-corrected chi connectivity index (χ3v) is 5.89. The van der Waals surface area contributed by atoms with Crippen LogP contribution < -0.4 is 9.64 Å². The molecule has 2 aliphatic rings. The molecule has 0 aromatic heterocycles. The molecular weight excluding hydrogens is 362 g/mol. The summed E-state index contributed by atoms with van der Waals surface area (Å²) in [5.74, 6) is -0.111. The van der Waals surface area contributed by atoms with Crippen molar-refractivity contribution < 1.29 is 9.53 Å². The second kappa shape index (κ2) is 7.11. The Kier molecular flexibility index (Phi) is 4.60. The van der Waals surface area contributed by atoms with Crippen molar-refractivity contribution in [2.45, 2.75) is 31.8 Å². The Morgan fingerprint density at radius 3 is 2.52 bits per heavy atom. The van der Waals surface area contributed by atoms with Crippen LogP contribution in [0, 0.1) is 28.1 Å². The highest BCUT2D eigenvalue weighted by Crippen LogP contribution is 2.56. The number of fused-ring (bicyclic) bond motifs is 3. The zero-order valence-electron chi connectivity index (χ0n) is 16.4. The minimum Gasteiger partial charge on any atom is -0.494 e. The van der Waals surface area contributed by atoms with E-state index in [0.717, 1.165) is 16.8 Å². The van der Waals surface area contributed by atoms with E-state index in [9.17, 15) is 15.3 Å². The summed E-state index contributed by atoms with van der Waals surface area (Å²) < 4.78 is 5.82. The highest BCUT2D eigenvalue weighted by Gasteiger charge is 2.63. The number of hydrogen-bond acceptors (Lipinski definition) is 5. The van der Waals surface area contributed by atoms with Gasteiger partial charge >= 0.3 is 0 Å². The van der Waals surface area contributed by atoms with Gasteiger partial charge in [-0.2, -0.15) is 10.5 Å². The monoisotopic (exact) mass is 383 g/mol. The first-order valence-electron chi connectivity index (χ1n) is 9.69. The van der Waals surface area contributed by atoms with E-state index >= 15 is 0 Å². The summed E-state index contributed by atoms with van der Waals surface area (Å²) in [6.45, 7) is 3.87. The number of carbonyl (C=O) groups excluding carboxylic acids is 1. The van der Waals surface area contributed by atoms with Gasteiger partial charge in [-0.25, -0.2) is 0 Å². The summed E-state index contributed by atoms with van der Waals surface area (Å²) in [5, 5.41) is 20.5. The minimum absolute atomic E-state index is 0.0798. The number of ketones is 1. The largest absolute Gasteiger partial charge is 0.494 e. The van der Waals surface area contributed by atoms with Gasteiger partial charge in [0.1, 0.15) is 5.75 Å². The molecule has 2 aliphatic heterocycles. The van der Waals surface area contributed by atoms with Crippen molar-refractivity contribution in [2.24, 2.45) is 5.41 Å². The van der Waals surface area contributed by atoms with Crippen LogP contribution in [0.4, 0.5) is 5.69 Å². The lowest BCUT2D eigenvalue weighted by molar-refractivity contribution is -0.118. The third-order valence-electron chi connectivity index (χ3n) is 5.89. The summed E-state index contributed by atoms with van der Waals surface area (Å²) in [7, 11) is 0. The smallest absolute Gasteiger partial charge is 0.176 e. The zero-order chi connectivity index (χ0) is 20.6. The normalized spacial score (nSPS) is 23.4. The van der Waals surface area contributed by atoms with E-state index in [2.05, 4.69) is 12.1 Å². The van der Waals surface area contributed by atoms with Crippen LogP contribution in [0.2, 0.25) is 0 Å². The number of para-hydroxylation sites is 2. The van der Waals surface area contributed by atoms with E-state index < -0.39 is 23.4 Å². The fourth-order valence-electron chi connectivity index (χ4n) is 4.76. The van der Waals surface area contributed by atoms with Crippen LogP contribution in [0.5, 0.6) is 5.75 Å². The molecule has 0 spiro atoms. The number of Topliss-reactive ketones (excluding diaryl/α,β-unsaturated/α-hetero) is 1. The van der Waals surface area contributed by atoms with Crippen molar-refractivity contribution in [1.82, 2.24) is 0 Å². The fraction of sp³-hybridized carbons (Fsp3) is 0.292. The van der Waals surface area contributed by atoms with E-state index in [1.165, 1.54) is 6.92 Å². The topological polar surface area (TPSA) is 77.1 Å². The molecule has 2 aromatic rings. The Bertz CT molecular complexity index is 1060. The Hall–Kier alpha value is -3.57. The van der Waals surface area contributed by atoms with E-state index in [1.54, 1.807) is 0 Å². The lowest BCUT2D eigenvalue weighted by Crippen LogP contribution is -2.43. The maximum atomic E-state index is 13.0. The first kappa shape index (κ1) is 18.8. The average Bonchev–Trinajstić information content (AvgIpc) is 3.05. The van der Waals surface area contributed by atoms with Crippen LogP contribution in [-0.2, 0) is 4.79 Å². The van der Waals surface area contributed by atoms with Crippen LogP contribution in [0.15, 0.2) is 54.6 Å². The molecule has 0 amide bonds. The Balaban J connectivity index is 2.00. The molecule has 0 bridgehead atoms. The van der Waals surface area contributed by atoms with Crippen LogP contribution in [0.3, 0.4) is 0 Å². The summed E-state index contributed by atoms with van der Waals surface area (Å²) in [6, 6.07) is 18.6. The highest BCUT2D eigenvalue weighted by atomic mass is 16.5. The molecule has 144 valence electrons. The molecule has 2 aromatic carbocycles. The van der Waals surface area contributed by atoms with Gasteiger partial charge in [0, 0.05) is 17.2 Å². The summed E-state index contributed by atoms with van der Waals surface area (Å²) >= 11 is 0. The van der Waals surface area contributed by atoms with Crippen molar-refractivity contribution >= 4 is 17.5 Å². The van der Waals surface area contributed by atoms with Crippen molar-refractivity contribution in [3.05, 3.63) is 65.7 Å². The zero-order valence-corrected chi connectivity index (χ0v) is 16.4. The molecule has 5 nitrogen and oxygen atoms in total. The molecular formula is C24H21N3O2. The van der Waals surface area contributed by atoms with Gasteiger partial charge in [0.2, 0.25) is 0 Å². The SMILES string of the molecule is CCOc1ccccc1[C@@H]1[C@@H](C(C)=O)N2c3ccccc3C=C[C@@H]2C1(C#N)C#N. The predicted molar refractivity (Wildman–Crippen MR) is 110 cm³/mol. The number of nitrogens with zero attached hydrogens (tertiary/aromatic N) is 3. The second-order valence-electron chi connectivity index (χ2n) is 7.37. The van der Waals surface area contributed by atoms with Gasteiger partial charge < -0.3 is 9.64 Å². The van der Waals surface area contributed by atoms with Crippen LogP contribution in [0.25, 0.3) is 6.08 Å². The van der Waals surface area contributed by atoms with Gasteiger partial charge in [-0.1, -0.05) is 48.6 Å². The lowest BCUT2D eigenvalue weighted by atomic mass is 9.69. The molecule has 3 atom stereocenters. The molecule has 0 aliphatic carbocycles. The lowest BCUT2D eigenvalue weighted by Gasteiger charge is -2.35. The van der Waals surface area contributed by atoms with Crippen molar-refractivity contribution in [3.63, 3.8) is 0 Å². The fourth-order valence-corrected chi connectivity index (χ4v) is 4.76. The van der Waals surface area contributed by atoms with E-state index in [-0.39, 0.29) is 5.78 Å². The molecule has 5 heteroatoms. The number of rotatable bonds is 4. The molecule has 0 saturated carbocycles. The predicted octanol–water partition coefficient (Wildman–Crippen LogP) is 4.08. The number of benzene rings is 2. The maximum absolute atomic E-state index is 13.0. The van der Waals surface area contributed by atoms with E-state index in [4.69, 9.17) is 4.74 Å². The molecule has 0 unspecified atom stereocenters. The third kappa shape index (κ3) is 2.62. The van der Waals surface area contributed by atoms with Crippen molar-refractivity contribution in [2.75, 3.05) is 11.5 Å². The van der Waals surface area contributed by atoms with Gasteiger partial charge in [0.05, 0.1) is 30.8 Å². The quantitative estimate of drug-likeness (QED) is 0.795. The minimum atomic E-state index is -1.42. The molecule has 4 rings (SSSR count). The number of nitriles is 2. The van der Waals surface area contributed by atoms with Crippen LogP contribution >= 0.6 is 0 Å². The molecule has 1 saturated heterocycles. The van der Waals surface area contributed by atoms with Crippen LogP contribution in [0.1, 0.15) is 30.9 Å². The second-order valence-corrected chi connectivity index (χ2v) is 7.37. The van der Waals surface area contributed by atoms with Gasteiger partial charge in [-0.3, -0.25) is 4.79 Å². The average molecular weight is 383 g/mol. The van der Waals surface area contributed by atoms with Gasteiger partial charge in [0.25, 0.3) is 0 Å². The summed E-state index contributed by atoms with van der Waals surface area (Å²) in [5.41, 5.74) is 1.14. The summed E-state index contributed by atoms with van der Waals surface area (Å²) in [6.07, 6.45) is 3.82. The maximum Gasteiger partial charge on any atom is 0.176 e. The van der Waals surface area contributed by atoms with Crippen LogP contribution in [-0.4, -0.2) is 24.5 Å². The molecule has 1 fully saturated rings. The highest BCUT2D eigenvalue weighted by molar-refractivity contribution is 5.91. The van der Waals surface area contributed by atoms with E-state index in [1.807, 2.05) is 72.5 Å². The first-order chi connectivity index (χ1) is 14.1. The number of ether oxygens (including phenoxy) is 1. The molecule has 0 N–H and O–H groups in total. The number of hydrogen-bond donors (Lipinski definition) is 0.